The van der Waals surface area contributed by atoms with Gasteiger partial charge in [-0.2, -0.15) is 0 Å². The number of ether oxygens (including phenoxy) is 1. The molecule has 0 amide bonds. The first-order valence-corrected chi connectivity index (χ1v) is 10.5. The van der Waals surface area contributed by atoms with Crippen molar-refractivity contribution >= 4 is 56.1 Å². The lowest BCUT2D eigenvalue weighted by atomic mass is 10.2. The van der Waals surface area contributed by atoms with Gasteiger partial charge in [0.2, 0.25) is 0 Å². The summed E-state index contributed by atoms with van der Waals surface area (Å²) < 4.78 is 28.7. The zero-order valence-electron chi connectivity index (χ0n) is 13.3. The summed E-state index contributed by atoms with van der Waals surface area (Å²) in [6, 6.07) is 4.95. The smallest absolute Gasteiger partial charge is 0.173 e. The molecule has 2 rings (SSSR count). The SMILES string of the molecule is COCCCN(C(=S)Nc1cc(Cl)cc(Cl)c1)[C@H]1CCS(=O)(=O)C1. The number of halogens is 2. The molecule has 0 radical (unpaired) electrons. The number of hydrogen-bond donors (Lipinski definition) is 1. The van der Waals surface area contributed by atoms with E-state index in [9.17, 15) is 8.42 Å². The van der Waals surface area contributed by atoms with Gasteiger partial charge in [0, 0.05) is 42.0 Å². The largest absolute Gasteiger partial charge is 0.385 e. The highest BCUT2D eigenvalue weighted by atomic mass is 35.5. The highest BCUT2D eigenvalue weighted by Crippen LogP contribution is 2.24. The third kappa shape index (κ3) is 5.74. The quantitative estimate of drug-likeness (QED) is 0.573. The summed E-state index contributed by atoms with van der Waals surface area (Å²) in [6.45, 7) is 1.20. The molecule has 1 heterocycles. The number of thiocarbonyl (C=S) groups is 1. The van der Waals surface area contributed by atoms with Crippen LogP contribution in [0, 0.1) is 0 Å². The average molecular weight is 411 g/mol. The summed E-state index contributed by atoms with van der Waals surface area (Å²) >= 11 is 17.5. The summed E-state index contributed by atoms with van der Waals surface area (Å²) in [5.74, 6) is 0.322. The minimum absolute atomic E-state index is 0.123. The Bertz CT molecular complexity index is 678. The number of nitrogens with one attached hydrogen (secondary N) is 1. The van der Waals surface area contributed by atoms with Crippen LogP contribution < -0.4 is 5.32 Å². The molecule has 134 valence electrons. The molecule has 0 spiro atoms. The zero-order valence-corrected chi connectivity index (χ0v) is 16.4. The van der Waals surface area contributed by atoms with Crippen molar-refractivity contribution in [3.63, 3.8) is 0 Å². The number of methoxy groups -OCH3 is 1. The lowest BCUT2D eigenvalue weighted by Gasteiger charge is -2.31. The van der Waals surface area contributed by atoms with Gasteiger partial charge < -0.3 is 15.0 Å². The molecular formula is C15H20Cl2N2O3S2. The first kappa shape index (κ1) is 19.7. The van der Waals surface area contributed by atoms with Crippen LogP contribution in [0.3, 0.4) is 0 Å². The third-order valence-electron chi connectivity index (χ3n) is 3.77. The van der Waals surface area contributed by atoms with Gasteiger partial charge in [-0.3, -0.25) is 0 Å². The number of rotatable bonds is 6. The molecule has 1 aromatic rings. The molecular weight excluding hydrogens is 391 g/mol. The van der Waals surface area contributed by atoms with Gasteiger partial charge in [-0.25, -0.2) is 8.42 Å². The Kier molecular flexibility index (Phi) is 7.12. The molecule has 0 aromatic heterocycles. The fourth-order valence-corrected chi connectivity index (χ4v) is 5.29. The monoisotopic (exact) mass is 410 g/mol. The number of hydrogen-bond acceptors (Lipinski definition) is 4. The molecule has 9 heteroatoms. The van der Waals surface area contributed by atoms with Gasteiger partial charge in [0.25, 0.3) is 0 Å². The number of nitrogens with zero attached hydrogens (tertiary/aromatic N) is 1. The highest BCUT2D eigenvalue weighted by molar-refractivity contribution is 7.91. The van der Waals surface area contributed by atoms with Gasteiger partial charge in [0.15, 0.2) is 14.9 Å². The van der Waals surface area contributed by atoms with E-state index < -0.39 is 9.84 Å². The van der Waals surface area contributed by atoms with Crippen molar-refractivity contribution in [3.8, 4) is 0 Å². The highest BCUT2D eigenvalue weighted by Gasteiger charge is 2.33. The van der Waals surface area contributed by atoms with Crippen LogP contribution in [0.2, 0.25) is 10.0 Å². The van der Waals surface area contributed by atoms with Gasteiger partial charge in [-0.15, -0.1) is 0 Å². The summed E-state index contributed by atoms with van der Waals surface area (Å²) in [4.78, 5) is 1.92. The molecule has 0 bridgehead atoms. The second-order valence-corrected chi connectivity index (χ2v) is 9.17. The van der Waals surface area contributed by atoms with Gasteiger partial charge in [-0.05, 0) is 43.3 Å². The fourth-order valence-electron chi connectivity index (χ4n) is 2.67. The third-order valence-corrected chi connectivity index (χ3v) is 6.29. The van der Waals surface area contributed by atoms with E-state index in [1.807, 2.05) is 4.90 Å². The first-order chi connectivity index (χ1) is 11.3. The van der Waals surface area contributed by atoms with Crippen LogP contribution in [0.25, 0.3) is 0 Å². The van der Waals surface area contributed by atoms with E-state index >= 15 is 0 Å². The molecule has 24 heavy (non-hydrogen) atoms. The summed E-state index contributed by atoms with van der Waals surface area (Å²) in [6.07, 6.45) is 1.33. The standard InChI is InChI=1S/C15H20Cl2N2O3S2/c1-22-5-2-4-19(14-3-6-24(20,21)10-14)15(23)18-13-8-11(16)7-12(17)9-13/h7-9,14H,2-6,10H2,1H3,(H,18,23)/t14-/m0/s1. The minimum atomic E-state index is -2.99. The topological polar surface area (TPSA) is 58.6 Å². The van der Waals surface area contributed by atoms with Crippen LogP contribution in [-0.2, 0) is 14.6 Å². The fraction of sp³-hybridized carbons (Fsp3) is 0.533. The van der Waals surface area contributed by atoms with Crippen LogP contribution in [0.5, 0.6) is 0 Å². The molecule has 0 aliphatic carbocycles. The molecule has 0 saturated carbocycles. The van der Waals surface area contributed by atoms with Gasteiger partial charge in [0.1, 0.15) is 0 Å². The van der Waals surface area contributed by atoms with E-state index in [0.717, 1.165) is 6.42 Å². The molecule has 5 nitrogen and oxygen atoms in total. The first-order valence-electron chi connectivity index (χ1n) is 7.54. The molecule has 1 N–H and O–H groups in total. The molecule has 1 aliphatic rings. The predicted molar refractivity (Wildman–Crippen MR) is 103 cm³/mol. The van der Waals surface area contributed by atoms with E-state index in [4.69, 9.17) is 40.2 Å². The Balaban J connectivity index is 2.11. The number of anilines is 1. The number of benzene rings is 1. The van der Waals surface area contributed by atoms with Crippen molar-refractivity contribution in [3.05, 3.63) is 28.2 Å². The van der Waals surface area contributed by atoms with E-state index in [2.05, 4.69) is 5.32 Å². The predicted octanol–water partition coefficient (Wildman–Crippen LogP) is 3.22. The maximum Gasteiger partial charge on any atom is 0.173 e. The molecule has 1 atom stereocenters. The Morgan fingerprint density at radius 1 is 1.38 bits per heavy atom. The molecule has 1 saturated heterocycles. The second kappa shape index (κ2) is 8.67. The van der Waals surface area contributed by atoms with Crippen LogP contribution in [0.15, 0.2) is 18.2 Å². The van der Waals surface area contributed by atoms with Crippen molar-refractivity contribution in [2.75, 3.05) is 37.1 Å². The van der Waals surface area contributed by atoms with Crippen LogP contribution in [-0.4, -0.2) is 56.2 Å². The van der Waals surface area contributed by atoms with E-state index in [1.165, 1.54) is 0 Å². The van der Waals surface area contributed by atoms with Gasteiger partial charge >= 0.3 is 0 Å². The van der Waals surface area contributed by atoms with E-state index in [1.54, 1.807) is 25.3 Å². The lowest BCUT2D eigenvalue weighted by molar-refractivity contribution is 0.181. The summed E-state index contributed by atoms with van der Waals surface area (Å²) in [5, 5.41) is 4.58. The summed E-state index contributed by atoms with van der Waals surface area (Å²) in [5.41, 5.74) is 0.676. The van der Waals surface area contributed by atoms with Crippen molar-refractivity contribution in [2.45, 2.75) is 18.9 Å². The maximum absolute atomic E-state index is 11.8. The Labute approximate surface area is 158 Å². The van der Waals surface area contributed by atoms with Crippen LogP contribution in [0.4, 0.5) is 5.69 Å². The van der Waals surface area contributed by atoms with E-state index in [-0.39, 0.29) is 17.5 Å². The van der Waals surface area contributed by atoms with E-state index in [0.29, 0.717) is 40.4 Å². The average Bonchev–Trinajstić information content (AvgIpc) is 2.82. The Hall–Kier alpha value is -0.600. The van der Waals surface area contributed by atoms with Crippen molar-refractivity contribution < 1.29 is 13.2 Å². The second-order valence-electron chi connectivity index (χ2n) is 5.68. The minimum Gasteiger partial charge on any atom is -0.385 e. The summed E-state index contributed by atoms with van der Waals surface area (Å²) in [7, 11) is -1.36. The lowest BCUT2D eigenvalue weighted by Crippen LogP contribution is -2.44. The van der Waals surface area contributed by atoms with Gasteiger partial charge in [-0.1, -0.05) is 23.2 Å². The van der Waals surface area contributed by atoms with Crippen LogP contribution >= 0.6 is 35.4 Å². The molecule has 0 unspecified atom stereocenters. The van der Waals surface area contributed by atoms with Crippen molar-refractivity contribution in [1.29, 1.82) is 0 Å². The van der Waals surface area contributed by atoms with Crippen LogP contribution in [0.1, 0.15) is 12.8 Å². The Morgan fingerprint density at radius 2 is 2.04 bits per heavy atom. The normalized spacial score (nSPS) is 19.2. The molecule has 1 aromatic carbocycles. The zero-order chi connectivity index (χ0) is 17.7. The van der Waals surface area contributed by atoms with Crippen molar-refractivity contribution in [2.24, 2.45) is 0 Å². The Morgan fingerprint density at radius 3 is 2.58 bits per heavy atom. The van der Waals surface area contributed by atoms with Crippen molar-refractivity contribution in [1.82, 2.24) is 4.90 Å². The maximum atomic E-state index is 11.8. The molecule has 1 fully saturated rings. The molecule has 1 aliphatic heterocycles. The van der Waals surface area contributed by atoms with Gasteiger partial charge in [0.05, 0.1) is 11.5 Å². The number of sulfone groups is 1.